The normalized spacial score (nSPS) is 23.7. The maximum atomic E-state index is 5.96. The first-order chi connectivity index (χ1) is 13.8. The predicted molar refractivity (Wildman–Crippen MR) is 110 cm³/mol. The molecular formula is C20H27N5O2S. The Hall–Kier alpha value is -1.77. The molecule has 0 amide bonds. The number of ether oxygens (including phenoxy) is 1. The van der Waals surface area contributed by atoms with Crippen LogP contribution in [-0.4, -0.2) is 41.9 Å². The summed E-state index contributed by atoms with van der Waals surface area (Å²) in [7, 11) is 0. The molecule has 0 spiro atoms. The van der Waals surface area contributed by atoms with Crippen LogP contribution in [0.1, 0.15) is 42.8 Å². The van der Waals surface area contributed by atoms with Crippen LogP contribution in [-0.2, 0) is 23.3 Å². The lowest BCUT2D eigenvalue weighted by Gasteiger charge is -2.37. The van der Waals surface area contributed by atoms with Gasteiger partial charge in [0.05, 0.1) is 43.4 Å². The Morgan fingerprint density at radius 2 is 1.96 bits per heavy atom. The van der Waals surface area contributed by atoms with E-state index in [2.05, 4.69) is 27.3 Å². The molecule has 3 N–H and O–H groups in total. The number of morpholine rings is 1. The Labute approximate surface area is 169 Å². The fourth-order valence-corrected chi connectivity index (χ4v) is 5.32. The molecule has 4 heterocycles. The van der Waals surface area contributed by atoms with E-state index in [-0.39, 0.29) is 0 Å². The van der Waals surface area contributed by atoms with Crippen molar-refractivity contribution in [3.8, 4) is 0 Å². The lowest BCUT2D eigenvalue weighted by Crippen LogP contribution is -2.46. The lowest BCUT2D eigenvalue weighted by molar-refractivity contribution is 0.0906. The summed E-state index contributed by atoms with van der Waals surface area (Å²) < 4.78 is 11.7. The molecule has 7 nitrogen and oxygen atoms in total. The van der Waals surface area contributed by atoms with Gasteiger partial charge < -0.3 is 25.1 Å². The zero-order valence-corrected chi connectivity index (χ0v) is 16.8. The molecule has 1 aliphatic carbocycles. The molecule has 28 heavy (non-hydrogen) atoms. The minimum atomic E-state index is 0.367. The minimum absolute atomic E-state index is 0.367. The molecule has 0 radical (unpaired) electrons. The molecule has 2 bridgehead atoms. The Bertz CT molecular complexity index is 802. The molecule has 3 aliphatic rings. The van der Waals surface area contributed by atoms with Crippen molar-refractivity contribution in [3.63, 3.8) is 0 Å². The maximum absolute atomic E-state index is 5.96. The number of hydrogen-bond acceptors (Lipinski definition) is 8. The average Bonchev–Trinajstić information content (AvgIpc) is 3.24. The van der Waals surface area contributed by atoms with Crippen LogP contribution < -0.4 is 16.0 Å². The van der Waals surface area contributed by atoms with Crippen molar-refractivity contribution in [2.45, 2.75) is 61.6 Å². The molecule has 2 fully saturated rings. The van der Waals surface area contributed by atoms with Gasteiger partial charge in [-0.3, -0.25) is 0 Å². The van der Waals surface area contributed by atoms with E-state index >= 15 is 0 Å². The summed E-state index contributed by atoms with van der Waals surface area (Å²) in [6.07, 6.45) is 6.85. The first kappa shape index (κ1) is 18.3. The van der Waals surface area contributed by atoms with Crippen molar-refractivity contribution in [1.29, 1.82) is 0 Å². The fraction of sp³-hybridized carbons (Fsp3) is 0.600. The van der Waals surface area contributed by atoms with Gasteiger partial charge in [0.1, 0.15) is 11.6 Å². The first-order valence-electron chi connectivity index (χ1n) is 10.2. The topological polar surface area (TPSA) is 89.4 Å². The highest BCUT2D eigenvalue weighted by Gasteiger charge is 2.37. The van der Waals surface area contributed by atoms with Gasteiger partial charge >= 0.3 is 0 Å². The Morgan fingerprint density at radius 3 is 2.75 bits per heavy atom. The highest BCUT2D eigenvalue weighted by atomic mass is 32.2. The molecule has 8 heteroatoms. The zero-order valence-electron chi connectivity index (χ0n) is 16.0. The highest BCUT2D eigenvalue weighted by molar-refractivity contribution is 7.98. The second-order valence-electron chi connectivity index (χ2n) is 7.76. The quantitative estimate of drug-likeness (QED) is 0.564. The van der Waals surface area contributed by atoms with Crippen molar-refractivity contribution in [2.24, 2.45) is 5.73 Å². The van der Waals surface area contributed by atoms with E-state index in [1.54, 1.807) is 11.8 Å². The van der Waals surface area contributed by atoms with E-state index in [1.807, 2.05) is 0 Å². The number of pyridine rings is 1. The number of oxazole rings is 1. The van der Waals surface area contributed by atoms with E-state index in [4.69, 9.17) is 19.9 Å². The van der Waals surface area contributed by atoms with Crippen LogP contribution in [0.3, 0.4) is 0 Å². The molecule has 2 aromatic heterocycles. The minimum Gasteiger partial charge on any atom is -0.436 e. The van der Waals surface area contributed by atoms with Crippen molar-refractivity contribution in [2.75, 3.05) is 30.1 Å². The molecule has 0 aromatic carbocycles. The van der Waals surface area contributed by atoms with Crippen LogP contribution in [0.4, 0.5) is 11.5 Å². The molecule has 2 saturated heterocycles. The van der Waals surface area contributed by atoms with Crippen molar-refractivity contribution >= 4 is 23.3 Å². The molecule has 2 aromatic rings. The van der Waals surface area contributed by atoms with Crippen LogP contribution >= 0.6 is 11.8 Å². The molecule has 2 aliphatic heterocycles. The molecule has 150 valence electrons. The van der Waals surface area contributed by atoms with Gasteiger partial charge in [0.15, 0.2) is 0 Å². The number of nitrogens with two attached hydrogens (primary N) is 1. The average molecular weight is 402 g/mol. The summed E-state index contributed by atoms with van der Waals surface area (Å²) in [5, 5.41) is 3.94. The van der Waals surface area contributed by atoms with E-state index in [1.165, 1.54) is 31.4 Å². The summed E-state index contributed by atoms with van der Waals surface area (Å²) in [6, 6.07) is 5.24. The fourth-order valence-electron chi connectivity index (χ4n) is 4.57. The summed E-state index contributed by atoms with van der Waals surface area (Å²) in [6.45, 7) is 1.99. The van der Waals surface area contributed by atoms with Crippen molar-refractivity contribution in [1.82, 2.24) is 9.97 Å². The van der Waals surface area contributed by atoms with Crippen LogP contribution in [0.15, 0.2) is 21.8 Å². The van der Waals surface area contributed by atoms with E-state index in [0.29, 0.717) is 18.8 Å². The smallest absolute Gasteiger partial charge is 0.256 e. The molecule has 2 atom stereocenters. The summed E-state index contributed by atoms with van der Waals surface area (Å²) in [5.41, 5.74) is 9.08. The molecule has 0 saturated carbocycles. The SMILES string of the molecule is NCNc1cc(N2C3CCC2COC3)cc(CSc2nc3c(o2)CCCC3)n1. The number of nitrogens with one attached hydrogen (secondary N) is 1. The Morgan fingerprint density at radius 1 is 1.14 bits per heavy atom. The molecular weight excluding hydrogens is 374 g/mol. The molecule has 5 rings (SSSR count). The van der Waals surface area contributed by atoms with Crippen LogP contribution in [0.2, 0.25) is 0 Å². The van der Waals surface area contributed by atoms with Gasteiger partial charge in [0, 0.05) is 23.9 Å². The first-order valence-corrected chi connectivity index (χ1v) is 11.2. The number of thioether (sulfide) groups is 1. The summed E-state index contributed by atoms with van der Waals surface area (Å²) >= 11 is 1.62. The number of nitrogens with zero attached hydrogens (tertiary/aromatic N) is 3. The van der Waals surface area contributed by atoms with Gasteiger partial charge in [-0.15, -0.1) is 0 Å². The van der Waals surface area contributed by atoms with Gasteiger partial charge in [-0.25, -0.2) is 9.97 Å². The number of rotatable bonds is 6. The van der Waals surface area contributed by atoms with E-state index in [9.17, 15) is 0 Å². The summed E-state index contributed by atoms with van der Waals surface area (Å²) in [4.78, 5) is 11.9. The van der Waals surface area contributed by atoms with Gasteiger partial charge in [0.25, 0.3) is 5.22 Å². The van der Waals surface area contributed by atoms with Gasteiger partial charge in [0.2, 0.25) is 0 Å². The number of fused-ring (bicyclic) bond motifs is 3. The number of hydrogen-bond donors (Lipinski definition) is 2. The number of anilines is 2. The van der Waals surface area contributed by atoms with E-state index < -0.39 is 0 Å². The largest absolute Gasteiger partial charge is 0.436 e. The zero-order chi connectivity index (χ0) is 18.9. The second-order valence-corrected chi connectivity index (χ2v) is 8.68. The van der Waals surface area contributed by atoms with Crippen LogP contribution in [0.25, 0.3) is 0 Å². The number of aryl methyl sites for hydroxylation is 2. The third-order valence-corrected chi connectivity index (χ3v) is 6.72. The van der Waals surface area contributed by atoms with Crippen LogP contribution in [0, 0.1) is 0 Å². The third kappa shape index (κ3) is 3.60. The third-order valence-electron chi connectivity index (χ3n) is 5.85. The van der Waals surface area contributed by atoms with Gasteiger partial charge in [-0.1, -0.05) is 11.8 Å². The van der Waals surface area contributed by atoms with Gasteiger partial charge in [-0.2, -0.15) is 0 Å². The Kier molecular flexibility index (Phi) is 5.17. The number of aromatic nitrogens is 2. The predicted octanol–water partition coefficient (Wildman–Crippen LogP) is 2.94. The summed E-state index contributed by atoms with van der Waals surface area (Å²) in [5.74, 6) is 2.63. The monoisotopic (exact) mass is 401 g/mol. The van der Waals surface area contributed by atoms with Crippen LogP contribution in [0.5, 0.6) is 0 Å². The van der Waals surface area contributed by atoms with E-state index in [0.717, 1.165) is 60.0 Å². The van der Waals surface area contributed by atoms with Crippen molar-refractivity contribution < 1.29 is 9.15 Å². The maximum Gasteiger partial charge on any atom is 0.256 e. The van der Waals surface area contributed by atoms with Crippen molar-refractivity contribution in [3.05, 3.63) is 29.3 Å². The second kappa shape index (κ2) is 7.93. The highest BCUT2D eigenvalue weighted by Crippen LogP contribution is 2.36. The molecule has 2 unspecified atom stereocenters. The Balaban J connectivity index is 1.36. The standard InChI is InChI=1S/C20H27N5O2S/c21-12-22-19-8-16(25-14-5-6-15(25)10-26-9-14)7-13(23-19)11-28-20-24-17-3-1-2-4-18(17)27-20/h7-8,14-15H,1-6,9-12,21H2,(H,22,23). The lowest BCUT2D eigenvalue weighted by atomic mass is 10.0. The van der Waals surface area contributed by atoms with Gasteiger partial charge in [-0.05, 0) is 38.2 Å².